The molecule has 2 aromatic carbocycles. The van der Waals surface area contributed by atoms with Gasteiger partial charge in [0.2, 0.25) is 11.9 Å². The number of aromatic nitrogens is 4. The zero-order valence-electron chi connectivity index (χ0n) is 23.1. The largest absolute Gasteiger partial charge is 0.425 e. The third-order valence-corrected chi connectivity index (χ3v) is 11.3. The van der Waals surface area contributed by atoms with E-state index in [0.717, 1.165) is 0 Å². The Kier molecular flexibility index (Phi) is 8.12. The monoisotopic (exact) mass is 546 g/mol. The summed E-state index contributed by atoms with van der Waals surface area (Å²) < 4.78 is 13.9. The summed E-state index contributed by atoms with van der Waals surface area (Å²) in [6, 6.07) is 18.3. The van der Waals surface area contributed by atoms with Crippen LogP contribution in [-0.4, -0.2) is 46.4 Å². The minimum absolute atomic E-state index is 0.0100. The van der Waals surface area contributed by atoms with Gasteiger partial charge < -0.3 is 13.7 Å². The van der Waals surface area contributed by atoms with Crippen LogP contribution < -0.4 is 15.0 Å². The fourth-order valence-corrected chi connectivity index (χ4v) is 4.66. The van der Waals surface area contributed by atoms with E-state index in [0.29, 0.717) is 35.7 Å². The summed E-state index contributed by atoms with van der Waals surface area (Å²) in [6.07, 6.45) is 0.923. The Balaban J connectivity index is 1.67. The van der Waals surface area contributed by atoms with Gasteiger partial charge in [0.05, 0.1) is 24.3 Å². The first-order chi connectivity index (χ1) is 18.5. The topological polar surface area (TPSA) is 111 Å². The standard InChI is InChI=1S/C28H34N6O4Si/c1-20(35)30-26-31-24-23(29-19-33(24)17-18-37-39(5,6)28(2,3)4)25(32-26)38-27(36)34(21-13-9-7-10-14-21)22-15-11-8-12-16-22/h7-16,19H,17-18H2,1-6H3,(H,30,31,32,35). The highest BCUT2D eigenvalue weighted by molar-refractivity contribution is 6.74. The lowest BCUT2D eigenvalue weighted by Gasteiger charge is -2.36. The van der Waals surface area contributed by atoms with Gasteiger partial charge in [-0.1, -0.05) is 57.2 Å². The highest BCUT2D eigenvalue weighted by Gasteiger charge is 2.37. The van der Waals surface area contributed by atoms with Gasteiger partial charge in [-0.05, 0) is 42.4 Å². The van der Waals surface area contributed by atoms with Gasteiger partial charge in [0.25, 0.3) is 5.88 Å². The van der Waals surface area contributed by atoms with Crippen molar-refractivity contribution >= 4 is 48.8 Å². The molecule has 2 amide bonds. The second-order valence-electron chi connectivity index (χ2n) is 10.6. The fourth-order valence-electron chi connectivity index (χ4n) is 3.62. The lowest BCUT2D eigenvalue weighted by molar-refractivity contribution is -0.114. The maximum Gasteiger partial charge on any atom is 0.425 e. The molecule has 0 spiro atoms. The SMILES string of the molecule is CC(=O)Nc1nc(OC(=O)N(c2ccccc2)c2ccccc2)c2ncn(CCO[Si](C)(C)C(C)(C)C)c2n1. The van der Waals surface area contributed by atoms with Gasteiger partial charge in [-0.3, -0.25) is 10.1 Å². The Labute approximate surface area is 229 Å². The number of hydrogen-bond acceptors (Lipinski definition) is 7. The predicted octanol–water partition coefficient (Wildman–Crippen LogP) is 6.14. The van der Waals surface area contributed by atoms with Crippen LogP contribution in [0.15, 0.2) is 67.0 Å². The maximum atomic E-state index is 13.6. The molecule has 0 saturated heterocycles. The number of fused-ring (bicyclic) bond motifs is 1. The van der Waals surface area contributed by atoms with Crippen molar-refractivity contribution in [1.29, 1.82) is 0 Å². The van der Waals surface area contributed by atoms with Gasteiger partial charge in [-0.15, -0.1) is 0 Å². The molecule has 2 aromatic heterocycles. The van der Waals surface area contributed by atoms with Crippen molar-refractivity contribution in [2.45, 2.75) is 52.4 Å². The first-order valence-corrected chi connectivity index (χ1v) is 15.6. The van der Waals surface area contributed by atoms with Gasteiger partial charge in [0.15, 0.2) is 19.5 Å². The van der Waals surface area contributed by atoms with Crippen LogP contribution in [-0.2, 0) is 15.8 Å². The number of anilines is 3. The lowest BCUT2D eigenvalue weighted by Crippen LogP contribution is -2.41. The van der Waals surface area contributed by atoms with Crippen LogP contribution in [0.1, 0.15) is 27.7 Å². The van der Waals surface area contributed by atoms with Crippen LogP contribution in [0, 0.1) is 0 Å². The number of benzene rings is 2. The Bertz CT molecular complexity index is 1410. The number of ether oxygens (including phenoxy) is 1. The summed E-state index contributed by atoms with van der Waals surface area (Å²) in [5.41, 5.74) is 1.95. The van der Waals surface area contributed by atoms with Crippen molar-refractivity contribution < 1.29 is 18.8 Å². The van der Waals surface area contributed by atoms with Crippen molar-refractivity contribution in [3.63, 3.8) is 0 Å². The zero-order valence-corrected chi connectivity index (χ0v) is 24.1. The highest BCUT2D eigenvalue weighted by atomic mass is 28.4. The summed E-state index contributed by atoms with van der Waals surface area (Å²) in [4.78, 5) is 40.1. The Morgan fingerprint density at radius 3 is 2.10 bits per heavy atom. The zero-order chi connectivity index (χ0) is 28.2. The molecular formula is C28H34N6O4Si. The fraction of sp³-hybridized carbons (Fsp3) is 0.321. The lowest BCUT2D eigenvalue weighted by atomic mass is 10.2. The molecular weight excluding hydrogens is 512 g/mol. The quantitative estimate of drug-likeness (QED) is 0.264. The van der Waals surface area contributed by atoms with Crippen LogP contribution in [0.5, 0.6) is 5.88 Å². The van der Waals surface area contributed by atoms with E-state index in [-0.39, 0.29) is 22.8 Å². The number of nitrogens with zero attached hydrogens (tertiary/aromatic N) is 5. The molecule has 0 aliphatic rings. The number of imidazole rings is 1. The average molecular weight is 547 g/mol. The van der Waals surface area contributed by atoms with Crippen molar-refractivity contribution in [3.05, 3.63) is 67.0 Å². The third-order valence-electron chi connectivity index (χ3n) is 6.72. The Hall–Kier alpha value is -4.09. The number of rotatable bonds is 8. The number of amides is 2. The van der Waals surface area contributed by atoms with E-state index in [1.54, 1.807) is 10.9 Å². The summed E-state index contributed by atoms with van der Waals surface area (Å²) in [5, 5.41) is 2.67. The smallest absolute Gasteiger partial charge is 0.415 e. The van der Waals surface area contributed by atoms with Crippen LogP contribution in [0.2, 0.25) is 18.1 Å². The second-order valence-corrected chi connectivity index (χ2v) is 15.4. The second kappa shape index (κ2) is 11.3. The van der Waals surface area contributed by atoms with E-state index in [1.165, 1.54) is 11.8 Å². The van der Waals surface area contributed by atoms with E-state index in [1.807, 2.05) is 60.7 Å². The molecule has 10 nitrogen and oxygen atoms in total. The molecule has 1 N–H and O–H groups in total. The molecule has 39 heavy (non-hydrogen) atoms. The predicted molar refractivity (Wildman–Crippen MR) is 154 cm³/mol. The minimum Gasteiger partial charge on any atom is -0.415 e. The summed E-state index contributed by atoms with van der Waals surface area (Å²) in [6.45, 7) is 13.3. The van der Waals surface area contributed by atoms with E-state index in [2.05, 4.69) is 54.1 Å². The first kappa shape index (κ1) is 27.9. The number of carbonyl (C=O) groups is 2. The summed E-state index contributed by atoms with van der Waals surface area (Å²) in [5.74, 6) is -0.403. The van der Waals surface area contributed by atoms with Crippen LogP contribution >= 0.6 is 0 Å². The summed E-state index contributed by atoms with van der Waals surface area (Å²) >= 11 is 0. The van der Waals surface area contributed by atoms with E-state index < -0.39 is 14.4 Å². The third kappa shape index (κ3) is 6.49. The molecule has 0 saturated carbocycles. The van der Waals surface area contributed by atoms with E-state index in [9.17, 15) is 9.59 Å². The Morgan fingerprint density at radius 2 is 1.56 bits per heavy atom. The Morgan fingerprint density at radius 1 is 0.974 bits per heavy atom. The molecule has 11 heteroatoms. The van der Waals surface area contributed by atoms with Crippen LogP contribution in [0.4, 0.5) is 22.1 Å². The molecule has 0 unspecified atom stereocenters. The minimum atomic E-state index is -1.95. The number of para-hydroxylation sites is 2. The van der Waals surface area contributed by atoms with Crippen molar-refractivity contribution in [2.24, 2.45) is 0 Å². The van der Waals surface area contributed by atoms with Gasteiger partial charge in [0, 0.05) is 13.5 Å². The molecule has 204 valence electrons. The van der Waals surface area contributed by atoms with Gasteiger partial charge in [0.1, 0.15) is 0 Å². The number of carbonyl (C=O) groups excluding carboxylic acids is 2. The molecule has 0 aliphatic heterocycles. The molecule has 4 rings (SSSR count). The number of nitrogens with one attached hydrogen (secondary N) is 1. The van der Waals surface area contributed by atoms with E-state index >= 15 is 0 Å². The van der Waals surface area contributed by atoms with E-state index in [4.69, 9.17) is 9.16 Å². The molecule has 0 fully saturated rings. The van der Waals surface area contributed by atoms with Gasteiger partial charge in [-0.2, -0.15) is 9.97 Å². The number of hydrogen-bond donors (Lipinski definition) is 1. The molecule has 4 aromatic rings. The van der Waals surface area contributed by atoms with Crippen molar-refractivity contribution in [2.75, 3.05) is 16.8 Å². The van der Waals surface area contributed by atoms with Crippen LogP contribution in [0.25, 0.3) is 11.2 Å². The van der Waals surface area contributed by atoms with Gasteiger partial charge in [-0.25, -0.2) is 14.7 Å². The average Bonchev–Trinajstić information content (AvgIpc) is 3.27. The van der Waals surface area contributed by atoms with Crippen LogP contribution in [0.3, 0.4) is 0 Å². The molecule has 0 radical (unpaired) electrons. The molecule has 2 heterocycles. The first-order valence-electron chi connectivity index (χ1n) is 12.7. The summed E-state index contributed by atoms with van der Waals surface area (Å²) in [7, 11) is -1.95. The maximum absolute atomic E-state index is 13.6. The van der Waals surface area contributed by atoms with Crippen molar-refractivity contribution in [3.8, 4) is 5.88 Å². The normalized spacial score (nSPS) is 11.8. The van der Waals surface area contributed by atoms with Gasteiger partial charge >= 0.3 is 6.09 Å². The molecule has 0 bridgehead atoms. The molecule has 0 atom stereocenters. The van der Waals surface area contributed by atoms with Crippen molar-refractivity contribution in [1.82, 2.24) is 19.5 Å². The highest BCUT2D eigenvalue weighted by Crippen LogP contribution is 2.36. The molecule has 0 aliphatic carbocycles.